The van der Waals surface area contributed by atoms with Crippen LogP contribution in [0.3, 0.4) is 0 Å². The molecule has 0 radical (unpaired) electrons. The van der Waals surface area contributed by atoms with Crippen molar-refractivity contribution in [3.8, 4) is 0 Å². The zero-order valence-corrected chi connectivity index (χ0v) is 23.3. The van der Waals surface area contributed by atoms with E-state index >= 15 is 0 Å². The van der Waals surface area contributed by atoms with Crippen molar-refractivity contribution in [1.29, 1.82) is 0 Å². The molecule has 2 aromatic carbocycles. The van der Waals surface area contributed by atoms with Gasteiger partial charge in [-0.05, 0) is 75.3 Å². The third-order valence-electron chi connectivity index (χ3n) is 5.97. The van der Waals surface area contributed by atoms with E-state index in [9.17, 15) is 0 Å². The number of nitrogens with two attached hydrogens (primary N) is 1. The molecular weight excluding hydrogens is 463 g/mol. The predicted molar refractivity (Wildman–Crippen MR) is 159 cm³/mol. The Bertz CT molecular complexity index is 1090. The van der Waals surface area contributed by atoms with Crippen molar-refractivity contribution >= 4 is 25.5 Å². The zero-order valence-electron chi connectivity index (χ0n) is 22.3. The molecule has 2 unspecified atom stereocenters. The van der Waals surface area contributed by atoms with E-state index in [1.165, 1.54) is 27.6 Å². The van der Waals surface area contributed by atoms with Gasteiger partial charge in [0.25, 0.3) is 0 Å². The van der Waals surface area contributed by atoms with E-state index in [2.05, 4.69) is 109 Å². The van der Waals surface area contributed by atoms with E-state index in [1.807, 2.05) is 17.9 Å². The summed E-state index contributed by atoms with van der Waals surface area (Å²) in [5.41, 5.74) is 10.9. The van der Waals surface area contributed by atoms with Gasteiger partial charge in [0.05, 0.1) is 12.2 Å². The Morgan fingerprint density at radius 2 is 1.75 bits per heavy atom. The maximum absolute atomic E-state index is 5.59. The van der Waals surface area contributed by atoms with Gasteiger partial charge in [-0.2, -0.15) is 5.10 Å². The molecule has 0 saturated heterocycles. The van der Waals surface area contributed by atoms with Crippen LogP contribution in [-0.4, -0.2) is 36.6 Å². The average Bonchev–Trinajstić information content (AvgIpc) is 3.33. The zero-order chi connectivity index (χ0) is 26.3. The summed E-state index contributed by atoms with van der Waals surface area (Å²) in [5.74, 6) is 2.16. The summed E-state index contributed by atoms with van der Waals surface area (Å²) in [6.45, 7) is 15.1. The number of nitrogens with zero attached hydrogens (tertiary/aromatic N) is 2. The van der Waals surface area contributed by atoms with E-state index in [0.717, 1.165) is 44.1 Å². The van der Waals surface area contributed by atoms with Crippen LogP contribution in [0, 0.1) is 13.8 Å². The van der Waals surface area contributed by atoms with Crippen molar-refractivity contribution in [2.24, 2.45) is 5.73 Å². The second kappa shape index (κ2) is 15.9. The third kappa shape index (κ3) is 8.06. The molecule has 0 fully saturated rings. The number of unbranched alkanes of at least 4 members (excludes halogenated alkanes) is 1. The van der Waals surface area contributed by atoms with E-state index in [4.69, 9.17) is 5.73 Å². The Balaban J connectivity index is 0.000000318. The number of benzene rings is 2. The fourth-order valence-corrected chi connectivity index (χ4v) is 4.59. The molecule has 2 heterocycles. The lowest BCUT2D eigenvalue weighted by molar-refractivity contribution is 0.675. The number of rotatable bonds is 9. The van der Waals surface area contributed by atoms with Crippen molar-refractivity contribution in [2.45, 2.75) is 39.3 Å². The van der Waals surface area contributed by atoms with Gasteiger partial charge in [-0.1, -0.05) is 57.1 Å². The minimum Gasteiger partial charge on any atom is -0.370 e. The molecule has 4 rings (SSSR count). The molecule has 5 N–H and O–H groups in total. The molecule has 1 aromatic heterocycles. The van der Waals surface area contributed by atoms with Crippen molar-refractivity contribution in [1.82, 2.24) is 20.4 Å². The average molecular weight is 507 g/mol. The van der Waals surface area contributed by atoms with E-state index in [-0.39, 0.29) is 6.04 Å². The van der Waals surface area contributed by atoms with Gasteiger partial charge in [0.2, 0.25) is 0 Å². The second-order valence-corrected chi connectivity index (χ2v) is 9.52. The van der Waals surface area contributed by atoms with Crippen LogP contribution >= 0.6 is 8.58 Å². The van der Waals surface area contributed by atoms with Gasteiger partial charge in [0, 0.05) is 18.4 Å². The number of aromatic nitrogens is 2. The SMILES string of the molecule is C=C.CNCc1ccccc1C.CPc1cnn2c1NC(c1ccccc1C)C=C2NCCCCN. The van der Waals surface area contributed by atoms with E-state index in [1.54, 1.807) is 0 Å². The Labute approximate surface area is 219 Å². The highest BCUT2D eigenvalue weighted by Gasteiger charge is 2.23. The highest BCUT2D eigenvalue weighted by molar-refractivity contribution is 7.46. The molecule has 194 valence electrons. The van der Waals surface area contributed by atoms with Crippen LogP contribution in [0.25, 0.3) is 5.82 Å². The Morgan fingerprint density at radius 3 is 2.39 bits per heavy atom. The largest absolute Gasteiger partial charge is 0.370 e. The van der Waals surface area contributed by atoms with Crippen LogP contribution in [0.1, 0.15) is 41.1 Å². The number of anilines is 1. The van der Waals surface area contributed by atoms with Gasteiger partial charge in [-0.25, -0.2) is 4.68 Å². The molecule has 1 aliphatic heterocycles. The molecule has 36 heavy (non-hydrogen) atoms. The summed E-state index contributed by atoms with van der Waals surface area (Å²) in [7, 11) is 2.68. The minimum atomic E-state index is 0.155. The summed E-state index contributed by atoms with van der Waals surface area (Å²) >= 11 is 0. The first kappa shape index (κ1) is 29.3. The Morgan fingerprint density at radius 1 is 1.06 bits per heavy atom. The number of aryl methyl sites for hydroxylation is 2. The Kier molecular flexibility index (Phi) is 13.0. The van der Waals surface area contributed by atoms with Crippen molar-refractivity contribution < 1.29 is 0 Å². The minimum absolute atomic E-state index is 0.155. The molecule has 2 atom stereocenters. The van der Waals surface area contributed by atoms with Gasteiger partial charge in [-0.3, -0.25) is 0 Å². The van der Waals surface area contributed by atoms with E-state index in [0.29, 0.717) is 8.58 Å². The number of nitrogens with one attached hydrogen (secondary N) is 3. The molecule has 7 heteroatoms. The standard InChI is InChI=1S/C18H26N5P.C9H13N.C2H4/c1-13-7-3-4-8-14(13)15-11-17(20-10-6-5-9-19)23-18(22-15)16(24-2)12-21-23;1-8-5-3-4-6-9(8)7-10-2;1-2/h3-4,7-8,11-12,15,20,22,24H,5-6,9-10,19H2,1-2H3;3-6,10H,7H2,1-2H3;1-2H2. The van der Waals surface area contributed by atoms with Crippen molar-refractivity contribution in [3.05, 3.63) is 96.2 Å². The lowest BCUT2D eigenvalue weighted by atomic mass is 10.00. The summed E-state index contributed by atoms with van der Waals surface area (Å²) in [6.07, 6.45) is 6.30. The first-order valence-electron chi connectivity index (χ1n) is 12.5. The molecule has 6 nitrogen and oxygen atoms in total. The topological polar surface area (TPSA) is 79.9 Å². The van der Waals surface area contributed by atoms with Crippen LogP contribution in [0.15, 0.2) is 74.0 Å². The van der Waals surface area contributed by atoms with Crippen molar-refractivity contribution in [2.75, 3.05) is 32.1 Å². The fraction of sp³-hybridized carbons (Fsp3) is 0.345. The lowest BCUT2D eigenvalue weighted by Crippen LogP contribution is -2.28. The molecule has 1 aliphatic rings. The molecule has 0 spiro atoms. The first-order valence-corrected chi connectivity index (χ1v) is 14.0. The van der Waals surface area contributed by atoms with Crippen LogP contribution in [0.4, 0.5) is 5.82 Å². The molecular formula is C29H43N6P. The van der Waals surface area contributed by atoms with Crippen LogP contribution in [0.2, 0.25) is 0 Å². The smallest absolute Gasteiger partial charge is 0.139 e. The maximum Gasteiger partial charge on any atom is 0.139 e. The van der Waals surface area contributed by atoms with Gasteiger partial charge in [0.15, 0.2) is 0 Å². The number of fused-ring (bicyclic) bond motifs is 1. The number of hydrogen-bond acceptors (Lipinski definition) is 5. The van der Waals surface area contributed by atoms with Crippen LogP contribution in [0.5, 0.6) is 0 Å². The van der Waals surface area contributed by atoms with Gasteiger partial charge >= 0.3 is 0 Å². The van der Waals surface area contributed by atoms with Gasteiger partial charge < -0.3 is 21.7 Å². The monoisotopic (exact) mass is 506 g/mol. The highest BCUT2D eigenvalue weighted by atomic mass is 31.1. The highest BCUT2D eigenvalue weighted by Crippen LogP contribution is 2.31. The van der Waals surface area contributed by atoms with Crippen LogP contribution < -0.4 is 27.0 Å². The Hall–Kier alpha value is -2.92. The number of hydrogen-bond donors (Lipinski definition) is 4. The summed E-state index contributed by atoms with van der Waals surface area (Å²) < 4.78 is 1.99. The van der Waals surface area contributed by atoms with Crippen LogP contribution in [-0.2, 0) is 6.54 Å². The summed E-state index contributed by atoms with van der Waals surface area (Å²) in [5, 5.41) is 16.2. The normalized spacial score (nSPS) is 14.0. The molecule has 0 bridgehead atoms. The first-order chi connectivity index (χ1) is 17.6. The molecule has 0 amide bonds. The van der Waals surface area contributed by atoms with Crippen molar-refractivity contribution in [3.63, 3.8) is 0 Å². The quantitative estimate of drug-likeness (QED) is 0.188. The summed E-state index contributed by atoms with van der Waals surface area (Å²) in [6, 6.07) is 17.1. The molecule has 3 aromatic rings. The van der Waals surface area contributed by atoms with Gasteiger partial charge in [0.1, 0.15) is 11.6 Å². The predicted octanol–water partition coefficient (Wildman–Crippen LogP) is 4.94. The lowest BCUT2D eigenvalue weighted by Gasteiger charge is -2.27. The third-order valence-corrected chi connectivity index (χ3v) is 6.88. The fourth-order valence-electron chi connectivity index (χ4n) is 3.99. The maximum atomic E-state index is 5.59. The summed E-state index contributed by atoms with van der Waals surface area (Å²) in [4.78, 5) is 0. The molecule has 0 saturated carbocycles. The second-order valence-electron chi connectivity index (χ2n) is 8.48. The van der Waals surface area contributed by atoms with Gasteiger partial charge in [-0.15, -0.1) is 13.2 Å². The van der Waals surface area contributed by atoms with E-state index < -0.39 is 0 Å². The molecule has 0 aliphatic carbocycles.